The number of esters is 1. The van der Waals surface area contributed by atoms with Gasteiger partial charge < -0.3 is 9.47 Å². The van der Waals surface area contributed by atoms with Crippen LogP contribution in [0.2, 0.25) is 0 Å². The van der Waals surface area contributed by atoms with Crippen molar-refractivity contribution in [1.82, 2.24) is 0 Å². The lowest BCUT2D eigenvalue weighted by atomic mass is 10.3. The highest BCUT2D eigenvalue weighted by Crippen LogP contribution is 2.19. The highest BCUT2D eigenvalue weighted by Gasteiger charge is 2.17. The maximum atomic E-state index is 13.1. The average molecular weight is 216 g/mol. The molecule has 0 aliphatic carbocycles. The van der Waals surface area contributed by atoms with Crippen LogP contribution >= 0.6 is 0 Å². The van der Waals surface area contributed by atoms with Crippen LogP contribution in [-0.2, 0) is 9.53 Å². The first-order valence-corrected chi connectivity index (χ1v) is 4.24. The van der Waals surface area contributed by atoms with Crippen molar-refractivity contribution in [2.75, 3.05) is 7.11 Å². The summed E-state index contributed by atoms with van der Waals surface area (Å²) in [4.78, 5) is 10.9. The fraction of sp³-hybridized carbons (Fsp3) is 0.300. The van der Waals surface area contributed by atoms with Crippen molar-refractivity contribution in [3.63, 3.8) is 0 Å². The summed E-state index contributed by atoms with van der Waals surface area (Å²) in [5.74, 6) is -2.33. The normalized spacial score (nSPS) is 12.0. The molecule has 0 heterocycles. The number of methoxy groups -OCH3 is 1. The molecule has 0 aromatic heterocycles. The van der Waals surface area contributed by atoms with Gasteiger partial charge in [-0.2, -0.15) is 0 Å². The van der Waals surface area contributed by atoms with Crippen LogP contribution in [0.25, 0.3) is 0 Å². The molecule has 0 aliphatic heterocycles. The summed E-state index contributed by atoms with van der Waals surface area (Å²) < 4.78 is 35.0. The van der Waals surface area contributed by atoms with Gasteiger partial charge in [0.2, 0.25) is 0 Å². The van der Waals surface area contributed by atoms with Gasteiger partial charge in [0, 0.05) is 6.07 Å². The Labute approximate surface area is 85.6 Å². The fourth-order valence-corrected chi connectivity index (χ4v) is 0.972. The molecule has 0 spiro atoms. The van der Waals surface area contributed by atoms with Gasteiger partial charge in [-0.3, -0.25) is 0 Å². The Morgan fingerprint density at radius 1 is 1.40 bits per heavy atom. The molecule has 0 fully saturated rings. The summed E-state index contributed by atoms with van der Waals surface area (Å²) >= 11 is 0. The molecule has 1 atom stereocenters. The highest BCUT2D eigenvalue weighted by molar-refractivity contribution is 5.74. The summed E-state index contributed by atoms with van der Waals surface area (Å²) in [6.45, 7) is 1.39. The van der Waals surface area contributed by atoms with E-state index in [1.54, 1.807) is 0 Å². The Morgan fingerprint density at radius 3 is 2.67 bits per heavy atom. The van der Waals surface area contributed by atoms with Gasteiger partial charge >= 0.3 is 5.97 Å². The molecule has 0 bridgehead atoms. The van der Waals surface area contributed by atoms with Crippen molar-refractivity contribution in [3.05, 3.63) is 29.8 Å². The number of benzene rings is 1. The Kier molecular flexibility index (Phi) is 3.60. The molecule has 5 heteroatoms. The molecule has 0 saturated heterocycles. The Balaban J connectivity index is 2.80. The minimum Gasteiger partial charge on any atom is -0.476 e. The van der Waals surface area contributed by atoms with E-state index in [0.717, 1.165) is 18.2 Å². The number of halogens is 2. The third-order valence-electron chi connectivity index (χ3n) is 1.73. The zero-order valence-electron chi connectivity index (χ0n) is 8.29. The van der Waals surface area contributed by atoms with E-state index in [0.29, 0.717) is 0 Å². The van der Waals surface area contributed by atoms with Crippen LogP contribution in [-0.4, -0.2) is 19.2 Å². The van der Waals surface area contributed by atoms with E-state index in [-0.39, 0.29) is 5.75 Å². The molecule has 0 N–H and O–H groups in total. The van der Waals surface area contributed by atoms with Crippen LogP contribution in [0.15, 0.2) is 18.2 Å². The van der Waals surface area contributed by atoms with Gasteiger partial charge in [0.25, 0.3) is 0 Å². The number of rotatable bonds is 3. The fourth-order valence-electron chi connectivity index (χ4n) is 0.972. The molecular weight excluding hydrogens is 206 g/mol. The largest absolute Gasteiger partial charge is 0.476 e. The summed E-state index contributed by atoms with van der Waals surface area (Å²) in [5, 5.41) is 0. The second-order valence-corrected chi connectivity index (χ2v) is 2.86. The third kappa shape index (κ3) is 2.90. The maximum absolute atomic E-state index is 13.1. The number of hydrogen-bond donors (Lipinski definition) is 0. The molecule has 0 amide bonds. The van der Waals surface area contributed by atoms with Crippen LogP contribution in [0.3, 0.4) is 0 Å². The van der Waals surface area contributed by atoms with Crippen LogP contribution in [0, 0.1) is 11.6 Å². The predicted molar refractivity (Wildman–Crippen MR) is 48.5 cm³/mol. The number of hydrogen-bond acceptors (Lipinski definition) is 3. The lowest BCUT2D eigenvalue weighted by molar-refractivity contribution is -0.148. The molecule has 0 aliphatic rings. The molecule has 1 aromatic rings. The molecular formula is C10H10F2O3. The van der Waals surface area contributed by atoms with E-state index in [2.05, 4.69) is 4.74 Å². The minimum atomic E-state index is -0.980. The third-order valence-corrected chi connectivity index (χ3v) is 1.73. The van der Waals surface area contributed by atoms with E-state index in [1.165, 1.54) is 14.0 Å². The molecule has 1 aromatic carbocycles. The molecule has 0 radical (unpaired) electrons. The van der Waals surface area contributed by atoms with Gasteiger partial charge in [-0.25, -0.2) is 13.6 Å². The lowest BCUT2D eigenvalue weighted by Crippen LogP contribution is -2.25. The molecule has 3 nitrogen and oxygen atoms in total. The van der Waals surface area contributed by atoms with Crippen LogP contribution in [0.4, 0.5) is 8.78 Å². The molecule has 15 heavy (non-hydrogen) atoms. The number of carbonyl (C=O) groups excluding carboxylic acids is 1. The SMILES string of the molecule is COC(=O)[C@H](C)Oc1cc(F)ccc1F. The second kappa shape index (κ2) is 4.72. The first kappa shape index (κ1) is 11.4. The summed E-state index contributed by atoms with van der Waals surface area (Å²) in [6.07, 6.45) is -0.980. The minimum absolute atomic E-state index is 0.312. The second-order valence-electron chi connectivity index (χ2n) is 2.86. The van der Waals surface area contributed by atoms with E-state index in [1.807, 2.05) is 0 Å². The molecule has 0 unspecified atom stereocenters. The van der Waals surface area contributed by atoms with E-state index < -0.39 is 23.7 Å². The number of carbonyl (C=O) groups is 1. The monoisotopic (exact) mass is 216 g/mol. The molecule has 1 rings (SSSR count). The van der Waals surface area contributed by atoms with Gasteiger partial charge in [-0.1, -0.05) is 0 Å². The highest BCUT2D eigenvalue weighted by atomic mass is 19.1. The molecule has 82 valence electrons. The quantitative estimate of drug-likeness (QED) is 0.724. The Hall–Kier alpha value is -1.65. The van der Waals surface area contributed by atoms with Gasteiger partial charge in [0.05, 0.1) is 7.11 Å². The van der Waals surface area contributed by atoms with Crippen molar-refractivity contribution < 1.29 is 23.0 Å². The van der Waals surface area contributed by atoms with Gasteiger partial charge in [-0.05, 0) is 19.1 Å². The van der Waals surface area contributed by atoms with Gasteiger partial charge in [0.1, 0.15) is 5.82 Å². The molecule has 0 saturated carbocycles. The first-order valence-electron chi connectivity index (χ1n) is 4.24. The van der Waals surface area contributed by atoms with Gasteiger partial charge in [-0.15, -0.1) is 0 Å². The van der Waals surface area contributed by atoms with Crippen molar-refractivity contribution in [1.29, 1.82) is 0 Å². The van der Waals surface area contributed by atoms with Crippen LogP contribution in [0.1, 0.15) is 6.92 Å². The summed E-state index contributed by atoms with van der Waals surface area (Å²) in [7, 11) is 1.18. The zero-order valence-corrected chi connectivity index (χ0v) is 8.29. The average Bonchev–Trinajstić information content (AvgIpc) is 2.22. The number of ether oxygens (including phenoxy) is 2. The zero-order chi connectivity index (χ0) is 11.4. The smallest absolute Gasteiger partial charge is 0.346 e. The first-order chi connectivity index (χ1) is 7.04. The predicted octanol–water partition coefficient (Wildman–Crippen LogP) is 1.91. The van der Waals surface area contributed by atoms with Crippen LogP contribution < -0.4 is 4.74 Å². The Bertz CT molecular complexity index is 366. The van der Waals surface area contributed by atoms with Crippen molar-refractivity contribution in [2.45, 2.75) is 13.0 Å². The van der Waals surface area contributed by atoms with Crippen molar-refractivity contribution in [2.24, 2.45) is 0 Å². The topological polar surface area (TPSA) is 35.5 Å². The standard InChI is InChI=1S/C10H10F2O3/c1-6(10(13)14-2)15-9-5-7(11)3-4-8(9)12/h3-6H,1-2H3/t6-/m0/s1. The van der Waals surface area contributed by atoms with Crippen LogP contribution in [0.5, 0.6) is 5.75 Å². The van der Waals surface area contributed by atoms with Gasteiger partial charge in [0.15, 0.2) is 17.7 Å². The summed E-state index contributed by atoms with van der Waals surface area (Å²) in [6, 6.07) is 2.76. The van der Waals surface area contributed by atoms with E-state index in [9.17, 15) is 13.6 Å². The van der Waals surface area contributed by atoms with Crippen molar-refractivity contribution in [3.8, 4) is 5.75 Å². The van der Waals surface area contributed by atoms with E-state index >= 15 is 0 Å². The maximum Gasteiger partial charge on any atom is 0.346 e. The Morgan fingerprint density at radius 2 is 2.07 bits per heavy atom. The van der Waals surface area contributed by atoms with E-state index in [4.69, 9.17) is 4.74 Å². The lowest BCUT2D eigenvalue weighted by Gasteiger charge is -2.12. The summed E-state index contributed by atoms with van der Waals surface area (Å²) in [5.41, 5.74) is 0. The van der Waals surface area contributed by atoms with Crippen molar-refractivity contribution >= 4 is 5.97 Å².